The molecule has 0 bridgehead atoms. The molecule has 0 saturated carbocycles. The number of alkyl halides is 3. The molecular weight excluding hydrogens is 435 g/mol. The number of carbonyl (C=O) groups is 3. The summed E-state index contributed by atoms with van der Waals surface area (Å²) in [4.78, 5) is 42.8. The predicted molar refractivity (Wildman–Crippen MR) is 116 cm³/mol. The number of rotatable bonds is 5. The minimum atomic E-state index is -4.41. The second-order valence-corrected chi connectivity index (χ2v) is 8.20. The molecule has 6 nitrogen and oxygen atoms in total. The lowest BCUT2D eigenvalue weighted by atomic mass is 10.0. The number of amides is 3. The van der Waals surface area contributed by atoms with E-state index in [4.69, 9.17) is 0 Å². The van der Waals surface area contributed by atoms with Gasteiger partial charge in [0.15, 0.2) is 0 Å². The molecule has 174 valence electrons. The van der Waals surface area contributed by atoms with Crippen molar-refractivity contribution >= 4 is 23.4 Å². The van der Waals surface area contributed by atoms with Crippen LogP contribution in [0.2, 0.25) is 0 Å². The maximum atomic E-state index is 13.0. The topological polar surface area (TPSA) is 60.9 Å². The highest BCUT2D eigenvalue weighted by molar-refractivity contribution is 6.22. The third kappa shape index (κ3) is 4.44. The number of anilines is 1. The Morgan fingerprint density at radius 1 is 0.939 bits per heavy atom. The third-order valence-electron chi connectivity index (χ3n) is 6.06. The molecule has 2 heterocycles. The Bertz CT molecular complexity index is 1090. The molecule has 0 unspecified atom stereocenters. The van der Waals surface area contributed by atoms with Crippen LogP contribution in [0, 0.1) is 0 Å². The van der Waals surface area contributed by atoms with Crippen molar-refractivity contribution in [3.63, 3.8) is 0 Å². The van der Waals surface area contributed by atoms with Crippen LogP contribution in [-0.2, 0) is 6.18 Å². The first-order chi connectivity index (χ1) is 15.7. The zero-order valence-corrected chi connectivity index (χ0v) is 18.2. The molecule has 0 aromatic heterocycles. The van der Waals surface area contributed by atoms with E-state index in [0.717, 1.165) is 18.6 Å². The largest absolute Gasteiger partial charge is 0.416 e. The van der Waals surface area contributed by atoms with Crippen molar-refractivity contribution in [3.05, 3.63) is 64.7 Å². The van der Waals surface area contributed by atoms with Crippen molar-refractivity contribution in [2.45, 2.75) is 25.9 Å². The van der Waals surface area contributed by atoms with Crippen molar-refractivity contribution in [1.29, 1.82) is 0 Å². The smallest absolute Gasteiger partial charge is 0.368 e. The van der Waals surface area contributed by atoms with Crippen LogP contribution >= 0.6 is 0 Å². The molecule has 1 fully saturated rings. The molecule has 3 amide bonds. The van der Waals surface area contributed by atoms with Gasteiger partial charge in [-0.2, -0.15) is 13.2 Å². The fourth-order valence-corrected chi connectivity index (χ4v) is 4.17. The summed E-state index contributed by atoms with van der Waals surface area (Å²) in [7, 11) is 0. The Morgan fingerprint density at radius 3 is 2.30 bits per heavy atom. The first-order valence-electron chi connectivity index (χ1n) is 10.9. The van der Waals surface area contributed by atoms with E-state index in [1.807, 2.05) is 11.8 Å². The highest BCUT2D eigenvalue weighted by atomic mass is 19.4. The molecule has 33 heavy (non-hydrogen) atoms. The Balaban J connectivity index is 1.44. The molecular formula is C24H24F3N3O3. The summed E-state index contributed by atoms with van der Waals surface area (Å²) in [6.45, 7) is 3.77. The molecule has 2 aromatic carbocycles. The van der Waals surface area contributed by atoms with Crippen LogP contribution in [0.5, 0.6) is 0 Å². The Morgan fingerprint density at radius 2 is 1.64 bits per heavy atom. The van der Waals surface area contributed by atoms with Gasteiger partial charge in [-0.05, 0) is 42.8 Å². The van der Waals surface area contributed by atoms with E-state index in [-0.39, 0.29) is 23.3 Å². The third-order valence-corrected chi connectivity index (χ3v) is 6.06. The molecule has 0 radical (unpaired) electrons. The van der Waals surface area contributed by atoms with E-state index in [9.17, 15) is 27.6 Å². The lowest BCUT2D eigenvalue weighted by Gasteiger charge is -2.36. The first-order valence-corrected chi connectivity index (χ1v) is 10.9. The van der Waals surface area contributed by atoms with Gasteiger partial charge in [0.05, 0.1) is 16.7 Å². The molecule has 2 aliphatic heterocycles. The summed E-state index contributed by atoms with van der Waals surface area (Å²) < 4.78 is 39.0. The van der Waals surface area contributed by atoms with E-state index in [1.54, 1.807) is 17.0 Å². The number of unbranched alkanes of at least 4 members (excludes halogenated alkanes) is 1. The van der Waals surface area contributed by atoms with Crippen molar-refractivity contribution in [2.75, 3.05) is 37.6 Å². The zero-order valence-electron chi connectivity index (χ0n) is 18.2. The molecule has 0 atom stereocenters. The highest BCUT2D eigenvalue weighted by Gasteiger charge is 2.36. The molecule has 2 aromatic rings. The standard InChI is InChI=1S/C24H24F3N3O3/c1-2-3-9-30-22(32)19-8-7-16(14-20(19)23(30)33)21(31)29-12-10-28(11-13-29)18-6-4-5-17(15-18)24(25,26)27/h4-8,14-15H,2-3,9-13H2,1H3. The van der Waals surface area contributed by atoms with Crippen molar-refractivity contribution in [2.24, 2.45) is 0 Å². The maximum Gasteiger partial charge on any atom is 0.416 e. The minimum Gasteiger partial charge on any atom is -0.368 e. The second kappa shape index (κ2) is 8.88. The fraction of sp³-hybridized carbons (Fsp3) is 0.375. The van der Waals surface area contributed by atoms with Gasteiger partial charge in [-0.15, -0.1) is 0 Å². The number of piperazine rings is 1. The van der Waals surface area contributed by atoms with E-state index < -0.39 is 11.7 Å². The number of hydrogen-bond acceptors (Lipinski definition) is 4. The lowest BCUT2D eigenvalue weighted by molar-refractivity contribution is -0.137. The monoisotopic (exact) mass is 459 g/mol. The normalized spacial score (nSPS) is 16.4. The van der Waals surface area contributed by atoms with Gasteiger partial charge in [-0.1, -0.05) is 19.4 Å². The number of nitrogens with zero attached hydrogens (tertiary/aromatic N) is 3. The van der Waals surface area contributed by atoms with Crippen molar-refractivity contribution in [3.8, 4) is 0 Å². The molecule has 1 saturated heterocycles. The molecule has 0 N–H and O–H groups in total. The van der Waals surface area contributed by atoms with Crippen LogP contribution in [0.4, 0.5) is 18.9 Å². The number of fused-ring (bicyclic) bond motifs is 1. The van der Waals surface area contributed by atoms with Gasteiger partial charge in [0, 0.05) is 44.0 Å². The second-order valence-electron chi connectivity index (χ2n) is 8.20. The van der Waals surface area contributed by atoms with E-state index >= 15 is 0 Å². The van der Waals surface area contributed by atoms with Gasteiger partial charge in [0.1, 0.15) is 0 Å². The molecule has 4 rings (SSSR count). The van der Waals surface area contributed by atoms with Crippen LogP contribution in [0.1, 0.15) is 56.4 Å². The van der Waals surface area contributed by atoms with Gasteiger partial charge in [-0.3, -0.25) is 19.3 Å². The number of halogens is 3. The Labute approximate surface area is 189 Å². The summed E-state index contributed by atoms with van der Waals surface area (Å²) in [5.74, 6) is -0.988. The zero-order chi connectivity index (χ0) is 23.8. The van der Waals surface area contributed by atoms with Crippen LogP contribution in [0.15, 0.2) is 42.5 Å². The molecule has 9 heteroatoms. The average molecular weight is 459 g/mol. The summed E-state index contributed by atoms with van der Waals surface area (Å²) in [5, 5.41) is 0. The molecule has 2 aliphatic rings. The van der Waals surface area contributed by atoms with E-state index in [1.165, 1.54) is 23.1 Å². The Hall–Kier alpha value is -3.36. The highest BCUT2D eigenvalue weighted by Crippen LogP contribution is 2.32. The quantitative estimate of drug-likeness (QED) is 0.633. The molecule has 0 spiro atoms. The van der Waals surface area contributed by atoms with Gasteiger partial charge >= 0.3 is 6.18 Å². The van der Waals surface area contributed by atoms with Gasteiger partial charge in [0.25, 0.3) is 17.7 Å². The summed E-state index contributed by atoms with van der Waals surface area (Å²) in [6.07, 6.45) is -2.84. The Kier molecular flexibility index (Phi) is 6.14. The summed E-state index contributed by atoms with van der Waals surface area (Å²) in [5.41, 5.74) is 0.626. The van der Waals surface area contributed by atoms with Crippen LogP contribution in [0.25, 0.3) is 0 Å². The summed E-state index contributed by atoms with van der Waals surface area (Å²) >= 11 is 0. The first kappa shape index (κ1) is 22.8. The van der Waals surface area contributed by atoms with Crippen molar-refractivity contribution in [1.82, 2.24) is 9.80 Å². The van der Waals surface area contributed by atoms with Crippen LogP contribution in [0.3, 0.4) is 0 Å². The lowest BCUT2D eigenvalue weighted by Crippen LogP contribution is -2.48. The number of imide groups is 1. The average Bonchev–Trinajstić information content (AvgIpc) is 3.06. The van der Waals surface area contributed by atoms with Crippen molar-refractivity contribution < 1.29 is 27.6 Å². The SMILES string of the molecule is CCCCN1C(=O)c2ccc(C(=O)N3CCN(c4cccc(C(F)(F)F)c4)CC3)cc2C1=O. The fourth-order valence-electron chi connectivity index (χ4n) is 4.17. The van der Waals surface area contributed by atoms with E-state index in [0.29, 0.717) is 56.0 Å². The molecule has 0 aliphatic carbocycles. The number of carbonyl (C=O) groups excluding carboxylic acids is 3. The van der Waals surface area contributed by atoms with Gasteiger partial charge in [0.2, 0.25) is 0 Å². The minimum absolute atomic E-state index is 0.240. The summed E-state index contributed by atoms with van der Waals surface area (Å²) in [6, 6.07) is 9.70. The number of hydrogen-bond donors (Lipinski definition) is 0. The van der Waals surface area contributed by atoms with Crippen LogP contribution in [-0.4, -0.2) is 60.2 Å². The number of benzene rings is 2. The van der Waals surface area contributed by atoms with Crippen LogP contribution < -0.4 is 4.90 Å². The predicted octanol–water partition coefficient (Wildman–Crippen LogP) is 4.06. The maximum absolute atomic E-state index is 13.0. The van der Waals surface area contributed by atoms with Gasteiger partial charge < -0.3 is 9.80 Å². The van der Waals surface area contributed by atoms with E-state index in [2.05, 4.69) is 0 Å². The van der Waals surface area contributed by atoms with Gasteiger partial charge in [-0.25, -0.2) is 0 Å².